The highest BCUT2D eigenvalue weighted by Crippen LogP contribution is 2.47. The summed E-state index contributed by atoms with van der Waals surface area (Å²) < 4.78 is 66.1. The van der Waals surface area contributed by atoms with E-state index in [1.165, 1.54) is 0 Å². The van der Waals surface area contributed by atoms with E-state index in [-0.39, 0.29) is 12.8 Å². The van der Waals surface area contributed by atoms with Crippen LogP contribution in [0, 0.1) is 23.5 Å². The Bertz CT molecular complexity index is 451. The van der Waals surface area contributed by atoms with Gasteiger partial charge in [-0.2, -0.15) is 13.2 Å². The summed E-state index contributed by atoms with van der Waals surface area (Å²) in [5.41, 5.74) is -0.659. The molecular weight excluding hydrogens is 279 g/mol. The molecule has 3 atom stereocenters. The number of benzene rings is 1. The van der Waals surface area contributed by atoms with Crippen molar-refractivity contribution in [1.82, 2.24) is 0 Å². The van der Waals surface area contributed by atoms with Crippen LogP contribution in [-0.4, -0.2) is 11.3 Å². The van der Waals surface area contributed by atoms with E-state index in [2.05, 4.69) is 0 Å². The minimum absolute atomic E-state index is 0.110. The van der Waals surface area contributed by atoms with Gasteiger partial charge < -0.3 is 5.11 Å². The zero-order chi connectivity index (χ0) is 14.9. The average Bonchev–Trinajstić information content (AvgIpc) is 2.37. The fourth-order valence-corrected chi connectivity index (χ4v) is 2.95. The van der Waals surface area contributed by atoms with Crippen LogP contribution in [0.4, 0.5) is 22.0 Å². The van der Waals surface area contributed by atoms with Crippen LogP contribution in [0.1, 0.15) is 37.4 Å². The van der Waals surface area contributed by atoms with Crippen LogP contribution in [-0.2, 0) is 0 Å². The van der Waals surface area contributed by atoms with E-state index >= 15 is 0 Å². The summed E-state index contributed by atoms with van der Waals surface area (Å²) in [5.74, 6) is -4.94. The molecule has 0 bridgehead atoms. The van der Waals surface area contributed by atoms with Crippen LogP contribution < -0.4 is 0 Å². The van der Waals surface area contributed by atoms with Crippen molar-refractivity contribution in [3.63, 3.8) is 0 Å². The Morgan fingerprint density at radius 3 is 2.15 bits per heavy atom. The minimum Gasteiger partial charge on any atom is -0.388 e. The number of rotatable bonds is 2. The Balaban J connectivity index is 2.33. The summed E-state index contributed by atoms with van der Waals surface area (Å²) in [6.07, 6.45) is -5.31. The smallest absolute Gasteiger partial charge is 0.388 e. The first-order valence-corrected chi connectivity index (χ1v) is 6.51. The van der Waals surface area contributed by atoms with Crippen molar-refractivity contribution in [1.29, 1.82) is 0 Å². The summed E-state index contributed by atoms with van der Waals surface area (Å²) in [6, 6.07) is 2.99. The zero-order valence-corrected chi connectivity index (χ0v) is 10.6. The highest BCUT2D eigenvalue weighted by molar-refractivity contribution is 5.23. The van der Waals surface area contributed by atoms with Crippen LogP contribution in [0.25, 0.3) is 0 Å². The van der Waals surface area contributed by atoms with Gasteiger partial charge in [-0.05, 0) is 25.0 Å². The molecule has 112 valence electrons. The molecule has 1 aliphatic rings. The number of halogens is 5. The third-order valence-electron chi connectivity index (χ3n) is 3.94. The molecule has 1 fully saturated rings. The highest BCUT2D eigenvalue weighted by Gasteiger charge is 2.48. The molecule has 1 saturated carbocycles. The summed E-state index contributed by atoms with van der Waals surface area (Å²) in [4.78, 5) is 0. The third kappa shape index (κ3) is 2.95. The monoisotopic (exact) mass is 294 g/mol. The molecular formula is C14H15F5O. The lowest BCUT2D eigenvalue weighted by molar-refractivity contribution is -0.207. The molecule has 1 nitrogen and oxygen atoms in total. The van der Waals surface area contributed by atoms with Gasteiger partial charge in [-0.1, -0.05) is 18.9 Å². The predicted octanol–water partition coefficient (Wildman–Crippen LogP) is 4.37. The van der Waals surface area contributed by atoms with E-state index in [0.29, 0.717) is 12.8 Å². The Morgan fingerprint density at radius 2 is 1.60 bits per heavy atom. The van der Waals surface area contributed by atoms with E-state index < -0.39 is 41.3 Å². The SMILES string of the molecule is OC(c1c(F)cccc1F)C1CCCCC1C(F)(F)F. The minimum atomic E-state index is -4.46. The van der Waals surface area contributed by atoms with Gasteiger partial charge in [-0.25, -0.2) is 8.78 Å². The summed E-state index contributed by atoms with van der Waals surface area (Å²) >= 11 is 0. The van der Waals surface area contributed by atoms with Gasteiger partial charge in [0.15, 0.2) is 0 Å². The van der Waals surface area contributed by atoms with Crippen LogP contribution in [0.15, 0.2) is 18.2 Å². The normalized spacial score (nSPS) is 25.5. The van der Waals surface area contributed by atoms with Crippen molar-refractivity contribution in [2.24, 2.45) is 11.8 Å². The first-order chi connectivity index (χ1) is 9.32. The first kappa shape index (κ1) is 15.2. The molecule has 0 radical (unpaired) electrons. The van der Waals surface area contributed by atoms with Crippen molar-refractivity contribution < 1.29 is 27.1 Å². The molecule has 1 aromatic rings. The first-order valence-electron chi connectivity index (χ1n) is 6.51. The van der Waals surface area contributed by atoms with Crippen molar-refractivity contribution in [3.8, 4) is 0 Å². The molecule has 0 aliphatic heterocycles. The van der Waals surface area contributed by atoms with Crippen LogP contribution in [0.5, 0.6) is 0 Å². The summed E-state index contributed by atoms with van der Waals surface area (Å²) in [5, 5.41) is 10.1. The third-order valence-corrected chi connectivity index (χ3v) is 3.94. The van der Waals surface area contributed by atoms with Gasteiger partial charge in [0.1, 0.15) is 11.6 Å². The molecule has 1 aliphatic carbocycles. The number of hydrogen-bond donors (Lipinski definition) is 1. The van der Waals surface area contributed by atoms with Crippen LogP contribution >= 0.6 is 0 Å². The quantitative estimate of drug-likeness (QED) is 0.803. The van der Waals surface area contributed by atoms with Crippen molar-refractivity contribution in [2.45, 2.75) is 38.0 Å². The van der Waals surface area contributed by atoms with Crippen LogP contribution in [0.2, 0.25) is 0 Å². The maximum Gasteiger partial charge on any atom is 0.392 e. The lowest BCUT2D eigenvalue weighted by Gasteiger charge is -2.36. The number of aliphatic hydroxyl groups is 1. The Hall–Kier alpha value is -1.17. The molecule has 0 aromatic heterocycles. The zero-order valence-electron chi connectivity index (χ0n) is 10.6. The Labute approximate surface area is 113 Å². The molecule has 0 heterocycles. The molecule has 2 rings (SSSR count). The summed E-state index contributed by atoms with van der Waals surface area (Å²) in [6.45, 7) is 0. The van der Waals surface area contributed by atoms with Gasteiger partial charge in [0.05, 0.1) is 17.6 Å². The maximum absolute atomic E-state index is 13.6. The maximum atomic E-state index is 13.6. The van der Waals surface area contributed by atoms with E-state index in [1.54, 1.807) is 0 Å². The van der Waals surface area contributed by atoms with Crippen molar-refractivity contribution in [3.05, 3.63) is 35.4 Å². The fourth-order valence-electron chi connectivity index (χ4n) is 2.95. The number of alkyl halides is 3. The molecule has 0 amide bonds. The van der Waals surface area contributed by atoms with Gasteiger partial charge in [0.2, 0.25) is 0 Å². The van der Waals surface area contributed by atoms with Gasteiger partial charge in [-0.3, -0.25) is 0 Å². The second-order valence-electron chi connectivity index (χ2n) is 5.18. The fraction of sp³-hybridized carbons (Fsp3) is 0.571. The van der Waals surface area contributed by atoms with E-state index in [4.69, 9.17) is 0 Å². The summed E-state index contributed by atoms with van der Waals surface area (Å²) in [7, 11) is 0. The molecule has 1 N–H and O–H groups in total. The molecule has 6 heteroatoms. The topological polar surface area (TPSA) is 20.2 Å². The Kier molecular flexibility index (Phi) is 4.32. The van der Waals surface area contributed by atoms with Gasteiger partial charge in [0, 0.05) is 5.92 Å². The number of hydrogen-bond acceptors (Lipinski definition) is 1. The predicted molar refractivity (Wildman–Crippen MR) is 62.8 cm³/mol. The van der Waals surface area contributed by atoms with Crippen molar-refractivity contribution in [2.75, 3.05) is 0 Å². The lowest BCUT2D eigenvalue weighted by Crippen LogP contribution is -2.36. The van der Waals surface area contributed by atoms with Crippen LogP contribution in [0.3, 0.4) is 0 Å². The van der Waals surface area contributed by atoms with E-state index in [1.807, 2.05) is 0 Å². The van der Waals surface area contributed by atoms with Crippen molar-refractivity contribution >= 4 is 0 Å². The molecule has 20 heavy (non-hydrogen) atoms. The second-order valence-corrected chi connectivity index (χ2v) is 5.18. The number of aliphatic hydroxyl groups excluding tert-OH is 1. The van der Waals surface area contributed by atoms with E-state index in [9.17, 15) is 27.1 Å². The second kappa shape index (κ2) is 5.68. The van der Waals surface area contributed by atoms with Gasteiger partial charge in [-0.15, -0.1) is 0 Å². The molecule has 0 spiro atoms. The average molecular weight is 294 g/mol. The van der Waals surface area contributed by atoms with E-state index in [0.717, 1.165) is 18.2 Å². The largest absolute Gasteiger partial charge is 0.392 e. The highest BCUT2D eigenvalue weighted by atomic mass is 19.4. The molecule has 1 aromatic carbocycles. The standard InChI is InChI=1S/C14H15F5O/c15-10-6-3-7-11(16)12(10)13(20)8-4-1-2-5-9(8)14(17,18)19/h3,6-9,13,20H,1-2,4-5H2. The lowest BCUT2D eigenvalue weighted by atomic mass is 9.74. The molecule has 0 saturated heterocycles. The Morgan fingerprint density at radius 1 is 1.05 bits per heavy atom. The molecule has 3 unspecified atom stereocenters. The van der Waals surface area contributed by atoms with Gasteiger partial charge >= 0.3 is 6.18 Å². The van der Waals surface area contributed by atoms with Gasteiger partial charge in [0.25, 0.3) is 0 Å².